The van der Waals surface area contributed by atoms with E-state index in [1.54, 1.807) is 0 Å². The molecule has 0 saturated heterocycles. The zero-order chi connectivity index (χ0) is 13.9. The van der Waals surface area contributed by atoms with Crippen molar-refractivity contribution in [1.29, 1.82) is 0 Å². The maximum absolute atomic E-state index is 12.3. The second-order valence-electron chi connectivity index (χ2n) is 4.68. The Morgan fingerprint density at radius 3 is 2.52 bits per heavy atom. The van der Waals surface area contributed by atoms with Crippen LogP contribution in [-0.2, 0) is 6.54 Å². The molecule has 0 spiro atoms. The molecule has 2 nitrogen and oxygen atoms in total. The first kappa shape index (κ1) is 15.9. The SMILES string of the molecule is O=C(C[n+]1ccc2ccccc2c1)c1cccc(Br)c1.[Br-]. The molecule has 3 aromatic rings. The number of benzene rings is 2. The van der Waals surface area contributed by atoms with E-state index < -0.39 is 0 Å². The molecule has 0 fully saturated rings. The Hall–Kier alpha value is -1.52. The van der Waals surface area contributed by atoms with Gasteiger partial charge in [0, 0.05) is 21.5 Å². The average Bonchev–Trinajstić information content (AvgIpc) is 2.47. The van der Waals surface area contributed by atoms with E-state index in [1.165, 1.54) is 5.39 Å². The molecule has 0 atom stereocenters. The molecule has 3 rings (SSSR count). The third-order valence-corrected chi connectivity index (χ3v) is 3.71. The van der Waals surface area contributed by atoms with Gasteiger partial charge in [-0.3, -0.25) is 4.79 Å². The van der Waals surface area contributed by atoms with Gasteiger partial charge in [0.1, 0.15) is 0 Å². The van der Waals surface area contributed by atoms with Gasteiger partial charge in [-0.25, -0.2) is 0 Å². The highest BCUT2D eigenvalue weighted by Gasteiger charge is 2.12. The number of nitrogens with zero attached hydrogens (tertiary/aromatic N) is 1. The second-order valence-corrected chi connectivity index (χ2v) is 5.60. The first-order valence-corrected chi connectivity index (χ1v) is 7.18. The summed E-state index contributed by atoms with van der Waals surface area (Å²) in [7, 11) is 0. The van der Waals surface area contributed by atoms with Crippen LogP contribution >= 0.6 is 15.9 Å². The van der Waals surface area contributed by atoms with Crippen molar-refractivity contribution in [1.82, 2.24) is 0 Å². The smallest absolute Gasteiger partial charge is 0.227 e. The summed E-state index contributed by atoms with van der Waals surface area (Å²) in [5.41, 5.74) is 0.722. The maximum Gasteiger partial charge on any atom is 0.227 e. The van der Waals surface area contributed by atoms with Crippen molar-refractivity contribution in [3.8, 4) is 0 Å². The minimum atomic E-state index is 0. The van der Waals surface area contributed by atoms with E-state index >= 15 is 0 Å². The first-order chi connectivity index (χ1) is 9.72. The summed E-state index contributed by atoms with van der Waals surface area (Å²) >= 11 is 3.39. The first-order valence-electron chi connectivity index (χ1n) is 6.39. The molecule has 0 bridgehead atoms. The number of ketones is 1. The number of fused-ring (bicyclic) bond motifs is 1. The number of pyridine rings is 1. The van der Waals surface area contributed by atoms with Crippen LogP contribution in [0.3, 0.4) is 0 Å². The lowest BCUT2D eigenvalue weighted by molar-refractivity contribution is -0.681. The Labute approximate surface area is 142 Å². The Morgan fingerprint density at radius 1 is 1.00 bits per heavy atom. The molecule has 0 N–H and O–H groups in total. The quantitative estimate of drug-likeness (QED) is 0.465. The highest BCUT2D eigenvalue weighted by molar-refractivity contribution is 9.10. The molecule has 0 amide bonds. The van der Waals surface area contributed by atoms with Crippen LogP contribution in [0.25, 0.3) is 10.8 Å². The lowest BCUT2D eigenvalue weighted by atomic mass is 10.1. The van der Waals surface area contributed by atoms with Gasteiger partial charge in [-0.1, -0.05) is 46.3 Å². The number of Topliss-reactive ketones (excluding diaryl/α,β-unsaturated/α-hetero) is 1. The van der Waals surface area contributed by atoms with Crippen molar-refractivity contribution < 1.29 is 26.3 Å². The van der Waals surface area contributed by atoms with Crippen LogP contribution < -0.4 is 21.5 Å². The molecule has 1 heterocycles. The molecular weight excluding hydrogens is 394 g/mol. The fourth-order valence-electron chi connectivity index (χ4n) is 2.20. The molecule has 0 aliphatic rings. The Balaban J connectivity index is 0.00000161. The van der Waals surface area contributed by atoms with Crippen LogP contribution in [0.1, 0.15) is 10.4 Å². The van der Waals surface area contributed by atoms with Crippen LogP contribution in [-0.4, -0.2) is 5.78 Å². The molecule has 21 heavy (non-hydrogen) atoms. The van der Waals surface area contributed by atoms with Gasteiger partial charge in [-0.2, -0.15) is 4.57 Å². The lowest BCUT2D eigenvalue weighted by Gasteiger charge is -2.00. The summed E-state index contributed by atoms with van der Waals surface area (Å²) in [5.74, 6) is 0.103. The molecule has 1 aromatic heterocycles. The number of carbonyl (C=O) groups excluding carboxylic acids is 1. The number of aromatic nitrogens is 1. The van der Waals surface area contributed by atoms with Gasteiger partial charge in [0.05, 0.1) is 0 Å². The zero-order valence-electron chi connectivity index (χ0n) is 11.2. The van der Waals surface area contributed by atoms with E-state index in [-0.39, 0.29) is 22.8 Å². The van der Waals surface area contributed by atoms with E-state index in [1.807, 2.05) is 59.4 Å². The minimum absolute atomic E-state index is 0. The van der Waals surface area contributed by atoms with E-state index in [9.17, 15) is 4.79 Å². The van der Waals surface area contributed by atoms with Crippen molar-refractivity contribution in [2.75, 3.05) is 0 Å². The van der Waals surface area contributed by atoms with Crippen molar-refractivity contribution in [2.45, 2.75) is 6.54 Å². The third kappa shape index (κ3) is 3.77. The molecule has 0 aliphatic heterocycles. The zero-order valence-corrected chi connectivity index (χ0v) is 14.3. The molecule has 0 radical (unpaired) electrons. The molecule has 0 aliphatic carbocycles. The lowest BCUT2D eigenvalue weighted by Crippen LogP contribution is -3.00. The van der Waals surface area contributed by atoms with Crippen molar-refractivity contribution in [3.05, 3.63) is 77.0 Å². The minimum Gasteiger partial charge on any atom is -1.00 e. The van der Waals surface area contributed by atoms with Crippen LogP contribution in [0, 0.1) is 0 Å². The Morgan fingerprint density at radius 2 is 1.76 bits per heavy atom. The van der Waals surface area contributed by atoms with E-state index in [0.29, 0.717) is 6.54 Å². The number of halogens is 2. The number of rotatable bonds is 3. The van der Waals surface area contributed by atoms with Crippen LogP contribution in [0.4, 0.5) is 0 Å². The van der Waals surface area contributed by atoms with Crippen LogP contribution in [0.5, 0.6) is 0 Å². The van der Waals surface area contributed by atoms with Crippen molar-refractivity contribution in [2.24, 2.45) is 0 Å². The van der Waals surface area contributed by atoms with Crippen molar-refractivity contribution >= 4 is 32.5 Å². The molecule has 106 valence electrons. The predicted octanol–water partition coefficient (Wildman–Crippen LogP) is 0.777. The summed E-state index contributed by atoms with van der Waals surface area (Å²) in [6, 6.07) is 17.7. The molecular formula is C17H13Br2NO. The molecule has 0 saturated carbocycles. The Bertz CT molecular complexity index is 786. The number of hydrogen-bond donors (Lipinski definition) is 0. The molecule has 2 aromatic carbocycles. The topological polar surface area (TPSA) is 20.9 Å². The standard InChI is InChI=1S/C17H13BrNO.BrH/c18-16-7-3-6-14(10-16)17(20)12-19-9-8-13-4-1-2-5-15(13)11-19;/h1-11H,12H2;1H/q+1;/p-1. The van der Waals surface area contributed by atoms with Gasteiger partial charge in [-0.05, 0) is 23.6 Å². The monoisotopic (exact) mass is 405 g/mol. The second kappa shape index (κ2) is 6.96. The number of hydrogen-bond acceptors (Lipinski definition) is 1. The summed E-state index contributed by atoms with van der Waals surface area (Å²) in [4.78, 5) is 12.3. The summed E-state index contributed by atoms with van der Waals surface area (Å²) in [6.07, 6.45) is 3.95. The van der Waals surface area contributed by atoms with Gasteiger partial charge >= 0.3 is 0 Å². The predicted molar refractivity (Wildman–Crippen MR) is 82.6 cm³/mol. The summed E-state index contributed by atoms with van der Waals surface area (Å²) in [5, 5.41) is 2.32. The average molecular weight is 407 g/mol. The van der Waals surface area contributed by atoms with Gasteiger partial charge < -0.3 is 17.0 Å². The van der Waals surface area contributed by atoms with Crippen molar-refractivity contribution in [3.63, 3.8) is 0 Å². The summed E-state index contributed by atoms with van der Waals surface area (Å²) in [6.45, 7) is 0.348. The molecule has 0 unspecified atom stereocenters. The highest BCUT2D eigenvalue weighted by Crippen LogP contribution is 2.13. The van der Waals surface area contributed by atoms with E-state index in [0.717, 1.165) is 15.4 Å². The van der Waals surface area contributed by atoms with E-state index in [4.69, 9.17) is 0 Å². The number of carbonyl (C=O) groups is 1. The summed E-state index contributed by atoms with van der Waals surface area (Å²) < 4.78 is 2.85. The largest absolute Gasteiger partial charge is 1.00 e. The van der Waals surface area contributed by atoms with Gasteiger partial charge in [0.15, 0.2) is 12.4 Å². The normalized spacial score (nSPS) is 10.1. The maximum atomic E-state index is 12.3. The fraction of sp³-hybridized carbons (Fsp3) is 0.0588. The van der Waals surface area contributed by atoms with Gasteiger partial charge in [0.25, 0.3) is 0 Å². The highest BCUT2D eigenvalue weighted by atomic mass is 79.9. The molecule has 4 heteroatoms. The van der Waals surface area contributed by atoms with E-state index in [2.05, 4.69) is 28.1 Å². The third-order valence-electron chi connectivity index (χ3n) is 3.22. The van der Waals surface area contributed by atoms with Crippen LogP contribution in [0.2, 0.25) is 0 Å². The Kier molecular flexibility index (Phi) is 5.26. The van der Waals surface area contributed by atoms with Crippen LogP contribution in [0.15, 0.2) is 71.5 Å². The fourth-order valence-corrected chi connectivity index (χ4v) is 2.59. The van der Waals surface area contributed by atoms with Gasteiger partial charge in [0.2, 0.25) is 12.3 Å². The van der Waals surface area contributed by atoms with Gasteiger partial charge in [-0.15, -0.1) is 0 Å².